The van der Waals surface area contributed by atoms with Gasteiger partial charge in [0, 0.05) is 13.1 Å². The molecule has 1 aromatic rings. The van der Waals surface area contributed by atoms with E-state index in [9.17, 15) is 4.79 Å². The molecule has 0 aromatic carbocycles. The van der Waals surface area contributed by atoms with Gasteiger partial charge in [-0.25, -0.2) is 0 Å². The van der Waals surface area contributed by atoms with Crippen molar-refractivity contribution >= 4 is 5.91 Å². The molecule has 6 heteroatoms. The fourth-order valence-corrected chi connectivity index (χ4v) is 1.54. The molecule has 0 spiro atoms. The minimum absolute atomic E-state index is 0.0285. The summed E-state index contributed by atoms with van der Waals surface area (Å²) in [5, 5.41) is 7.71. The molecule has 0 bridgehead atoms. The number of aromatic nitrogens is 3. The topological polar surface area (TPSA) is 77.0 Å². The zero-order chi connectivity index (χ0) is 10.1. The minimum atomic E-state index is -0.440. The van der Waals surface area contributed by atoms with E-state index in [2.05, 4.69) is 10.2 Å². The Morgan fingerprint density at radius 1 is 1.64 bits per heavy atom. The standard InChI is InChI=1S/C8H13N5O/c1-6(9)8(14)12-2-3-13-5-10-11-7(13)4-12/h5-6H,2-4,9H2,1H3. The Kier molecular flexibility index (Phi) is 2.20. The second-order valence-corrected chi connectivity index (χ2v) is 3.49. The molecule has 0 saturated heterocycles. The van der Waals surface area contributed by atoms with Crippen LogP contribution in [-0.2, 0) is 17.9 Å². The fraction of sp³-hybridized carbons (Fsp3) is 0.625. The van der Waals surface area contributed by atoms with Gasteiger partial charge in [0.15, 0.2) is 5.82 Å². The maximum Gasteiger partial charge on any atom is 0.239 e. The van der Waals surface area contributed by atoms with Gasteiger partial charge in [-0.15, -0.1) is 10.2 Å². The molecule has 0 fully saturated rings. The number of nitrogens with zero attached hydrogens (tertiary/aromatic N) is 4. The van der Waals surface area contributed by atoms with Gasteiger partial charge in [-0.05, 0) is 6.92 Å². The molecule has 2 N–H and O–H groups in total. The molecule has 76 valence electrons. The van der Waals surface area contributed by atoms with Crippen LogP contribution in [0.1, 0.15) is 12.7 Å². The predicted molar refractivity (Wildman–Crippen MR) is 49.1 cm³/mol. The predicted octanol–water partition coefficient (Wildman–Crippen LogP) is -1.03. The van der Waals surface area contributed by atoms with E-state index in [0.717, 1.165) is 12.4 Å². The third-order valence-electron chi connectivity index (χ3n) is 2.34. The minimum Gasteiger partial charge on any atom is -0.332 e. The highest BCUT2D eigenvalue weighted by molar-refractivity contribution is 5.81. The van der Waals surface area contributed by atoms with Crippen LogP contribution >= 0.6 is 0 Å². The summed E-state index contributed by atoms with van der Waals surface area (Å²) < 4.78 is 1.95. The SMILES string of the molecule is CC(N)C(=O)N1CCn2cnnc2C1. The lowest BCUT2D eigenvalue weighted by Crippen LogP contribution is -2.45. The Hall–Kier alpha value is -1.43. The number of amides is 1. The summed E-state index contributed by atoms with van der Waals surface area (Å²) in [6.07, 6.45) is 1.68. The van der Waals surface area contributed by atoms with Gasteiger partial charge in [0.25, 0.3) is 0 Å². The van der Waals surface area contributed by atoms with E-state index in [-0.39, 0.29) is 5.91 Å². The Labute approximate surface area is 81.7 Å². The van der Waals surface area contributed by atoms with Crippen molar-refractivity contribution in [2.75, 3.05) is 6.54 Å². The van der Waals surface area contributed by atoms with Crippen molar-refractivity contribution in [3.8, 4) is 0 Å². The van der Waals surface area contributed by atoms with Gasteiger partial charge in [-0.1, -0.05) is 0 Å². The van der Waals surface area contributed by atoms with Gasteiger partial charge < -0.3 is 15.2 Å². The lowest BCUT2D eigenvalue weighted by Gasteiger charge is -2.28. The van der Waals surface area contributed by atoms with E-state index >= 15 is 0 Å². The molecule has 1 amide bonds. The van der Waals surface area contributed by atoms with Crippen molar-refractivity contribution in [3.05, 3.63) is 12.2 Å². The van der Waals surface area contributed by atoms with E-state index in [1.54, 1.807) is 18.2 Å². The molecular formula is C8H13N5O. The smallest absolute Gasteiger partial charge is 0.239 e. The first-order valence-corrected chi connectivity index (χ1v) is 4.59. The van der Waals surface area contributed by atoms with Crippen LogP contribution in [0.3, 0.4) is 0 Å². The van der Waals surface area contributed by atoms with Gasteiger partial charge in [-0.3, -0.25) is 4.79 Å². The van der Waals surface area contributed by atoms with Crippen LogP contribution in [0.5, 0.6) is 0 Å². The van der Waals surface area contributed by atoms with Crippen molar-refractivity contribution in [1.82, 2.24) is 19.7 Å². The Balaban J connectivity index is 2.11. The van der Waals surface area contributed by atoms with Crippen molar-refractivity contribution in [2.45, 2.75) is 26.1 Å². The summed E-state index contributed by atoms with van der Waals surface area (Å²) in [5.41, 5.74) is 5.53. The second-order valence-electron chi connectivity index (χ2n) is 3.49. The number of hydrogen-bond donors (Lipinski definition) is 1. The van der Waals surface area contributed by atoms with Crippen LogP contribution in [0.4, 0.5) is 0 Å². The molecule has 2 heterocycles. The lowest BCUT2D eigenvalue weighted by atomic mass is 10.2. The van der Waals surface area contributed by atoms with Gasteiger partial charge >= 0.3 is 0 Å². The Morgan fingerprint density at radius 2 is 2.43 bits per heavy atom. The summed E-state index contributed by atoms with van der Waals surface area (Å²) in [5.74, 6) is 0.796. The number of nitrogens with two attached hydrogens (primary N) is 1. The van der Waals surface area contributed by atoms with Crippen molar-refractivity contribution in [3.63, 3.8) is 0 Å². The molecule has 1 unspecified atom stereocenters. The molecule has 1 aliphatic rings. The zero-order valence-electron chi connectivity index (χ0n) is 8.05. The summed E-state index contributed by atoms with van der Waals surface area (Å²) in [6.45, 7) is 3.65. The van der Waals surface area contributed by atoms with Crippen molar-refractivity contribution in [2.24, 2.45) is 5.73 Å². The van der Waals surface area contributed by atoms with Crippen LogP contribution in [0.2, 0.25) is 0 Å². The average Bonchev–Trinajstić information content (AvgIpc) is 2.62. The number of fused-ring (bicyclic) bond motifs is 1. The maximum absolute atomic E-state index is 11.6. The molecule has 0 aliphatic carbocycles. The highest BCUT2D eigenvalue weighted by atomic mass is 16.2. The Bertz CT molecular complexity index is 345. The molecule has 1 atom stereocenters. The van der Waals surface area contributed by atoms with E-state index in [4.69, 9.17) is 5.73 Å². The molecule has 0 saturated carbocycles. The largest absolute Gasteiger partial charge is 0.332 e. The van der Waals surface area contributed by atoms with Gasteiger partial charge in [0.2, 0.25) is 5.91 Å². The first kappa shape index (κ1) is 9.14. The van der Waals surface area contributed by atoms with E-state index in [1.807, 2.05) is 4.57 Å². The highest BCUT2D eigenvalue weighted by Gasteiger charge is 2.23. The van der Waals surface area contributed by atoms with Crippen LogP contribution in [-0.4, -0.2) is 38.2 Å². The summed E-state index contributed by atoms with van der Waals surface area (Å²) in [7, 11) is 0. The third kappa shape index (κ3) is 1.48. The number of rotatable bonds is 1. The summed E-state index contributed by atoms with van der Waals surface area (Å²) in [4.78, 5) is 13.3. The summed E-state index contributed by atoms with van der Waals surface area (Å²) >= 11 is 0. The van der Waals surface area contributed by atoms with E-state index in [0.29, 0.717) is 13.1 Å². The quantitative estimate of drug-likeness (QED) is 0.621. The van der Waals surface area contributed by atoms with Gasteiger partial charge in [-0.2, -0.15) is 0 Å². The van der Waals surface area contributed by atoms with Gasteiger partial charge in [0.05, 0.1) is 12.6 Å². The van der Waals surface area contributed by atoms with Crippen LogP contribution in [0, 0.1) is 0 Å². The Morgan fingerprint density at radius 3 is 3.14 bits per heavy atom. The lowest BCUT2D eigenvalue weighted by molar-refractivity contribution is -0.133. The number of carbonyl (C=O) groups is 1. The fourth-order valence-electron chi connectivity index (χ4n) is 1.54. The molecule has 14 heavy (non-hydrogen) atoms. The van der Waals surface area contributed by atoms with Crippen LogP contribution < -0.4 is 5.73 Å². The number of hydrogen-bond acceptors (Lipinski definition) is 4. The first-order valence-electron chi connectivity index (χ1n) is 4.59. The molecule has 2 rings (SSSR count). The highest BCUT2D eigenvalue weighted by Crippen LogP contribution is 2.09. The van der Waals surface area contributed by atoms with Crippen LogP contribution in [0.25, 0.3) is 0 Å². The first-order chi connectivity index (χ1) is 6.68. The van der Waals surface area contributed by atoms with Crippen molar-refractivity contribution in [1.29, 1.82) is 0 Å². The van der Waals surface area contributed by atoms with Gasteiger partial charge in [0.1, 0.15) is 6.33 Å². The molecule has 6 nitrogen and oxygen atoms in total. The summed E-state index contributed by atoms with van der Waals surface area (Å²) in [6, 6.07) is -0.440. The van der Waals surface area contributed by atoms with E-state index < -0.39 is 6.04 Å². The molecular weight excluding hydrogens is 182 g/mol. The zero-order valence-corrected chi connectivity index (χ0v) is 8.05. The normalized spacial score (nSPS) is 17.7. The molecule has 0 radical (unpaired) electrons. The molecule has 1 aliphatic heterocycles. The maximum atomic E-state index is 11.6. The third-order valence-corrected chi connectivity index (χ3v) is 2.34. The number of carbonyl (C=O) groups excluding carboxylic acids is 1. The van der Waals surface area contributed by atoms with Crippen molar-refractivity contribution < 1.29 is 4.79 Å². The van der Waals surface area contributed by atoms with Crippen LogP contribution in [0.15, 0.2) is 6.33 Å². The average molecular weight is 195 g/mol. The second kappa shape index (κ2) is 3.38. The van der Waals surface area contributed by atoms with E-state index in [1.165, 1.54) is 0 Å². The molecule has 1 aromatic heterocycles. The monoisotopic (exact) mass is 195 g/mol.